The van der Waals surface area contributed by atoms with Gasteiger partial charge in [0.05, 0.1) is 0 Å². The van der Waals surface area contributed by atoms with E-state index in [1.54, 1.807) is 0 Å². The summed E-state index contributed by atoms with van der Waals surface area (Å²) in [6.07, 6.45) is 8.76. The molecule has 1 aromatic rings. The van der Waals surface area contributed by atoms with Crippen molar-refractivity contribution >= 4 is 6.03 Å². The Bertz CT molecular complexity index is 539. The van der Waals surface area contributed by atoms with E-state index in [9.17, 15) is 4.79 Å². The molecule has 5 nitrogen and oxygen atoms in total. The van der Waals surface area contributed by atoms with E-state index in [0.29, 0.717) is 19.7 Å². The van der Waals surface area contributed by atoms with Crippen LogP contribution in [0.4, 0.5) is 4.79 Å². The number of hydrogen-bond donors (Lipinski definition) is 2. The summed E-state index contributed by atoms with van der Waals surface area (Å²) in [6.45, 7) is 7.15. The van der Waals surface area contributed by atoms with E-state index in [2.05, 4.69) is 33.7 Å². The third kappa shape index (κ3) is 8.07. The molecule has 0 unspecified atom stereocenters. The van der Waals surface area contributed by atoms with Crippen LogP contribution < -0.4 is 15.4 Å². The molecular weight excluding hydrogens is 314 g/mol. The summed E-state index contributed by atoms with van der Waals surface area (Å²) < 4.78 is 5.77. The molecular formula is C20H31N3O2. The second-order valence-electron chi connectivity index (χ2n) is 6.40. The van der Waals surface area contributed by atoms with Gasteiger partial charge in [0.15, 0.2) is 0 Å². The van der Waals surface area contributed by atoms with Gasteiger partial charge in [-0.15, -0.1) is 0 Å². The second-order valence-corrected chi connectivity index (χ2v) is 6.40. The van der Waals surface area contributed by atoms with Gasteiger partial charge in [-0.25, -0.2) is 4.79 Å². The third-order valence-corrected chi connectivity index (χ3v) is 4.18. The van der Waals surface area contributed by atoms with Gasteiger partial charge >= 0.3 is 6.03 Å². The molecule has 0 aliphatic carbocycles. The van der Waals surface area contributed by atoms with Gasteiger partial charge in [-0.2, -0.15) is 0 Å². The molecule has 0 atom stereocenters. The molecule has 1 saturated heterocycles. The molecule has 2 amide bonds. The SMILES string of the molecule is CCCNC(=O)NC/C=C\COc1cccc(CN2CCCCC2)c1. The number of benzene rings is 1. The van der Waals surface area contributed by atoms with Gasteiger partial charge in [0.1, 0.15) is 12.4 Å². The number of urea groups is 1. The summed E-state index contributed by atoms with van der Waals surface area (Å²) in [5.41, 5.74) is 1.30. The Morgan fingerprint density at radius 2 is 2.04 bits per heavy atom. The molecule has 2 N–H and O–H groups in total. The molecule has 0 bridgehead atoms. The first kappa shape index (κ1) is 19.3. The van der Waals surface area contributed by atoms with E-state index in [4.69, 9.17) is 4.74 Å². The van der Waals surface area contributed by atoms with E-state index < -0.39 is 0 Å². The van der Waals surface area contributed by atoms with Crippen molar-refractivity contribution in [3.8, 4) is 5.75 Å². The lowest BCUT2D eigenvalue weighted by Crippen LogP contribution is -2.35. The van der Waals surface area contributed by atoms with Crippen molar-refractivity contribution in [2.24, 2.45) is 0 Å². The maximum atomic E-state index is 11.4. The number of carbonyl (C=O) groups excluding carboxylic acids is 1. The van der Waals surface area contributed by atoms with Crippen molar-refractivity contribution in [2.45, 2.75) is 39.2 Å². The average molecular weight is 345 g/mol. The highest BCUT2D eigenvalue weighted by Gasteiger charge is 2.10. The standard InChI is InChI=1S/C20H31N3O2/c1-2-11-21-20(24)22-12-4-7-15-25-19-10-8-9-18(16-19)17-23-13-5-3-6-14-23/h4,7-10,16H,2-3,5-6,11-15,17H2,1H3,(H2,21,22,24)/b7-4-. The first-order chi connectivity index (χ1) is 12.3. The van der Waals surface area contributed by atoms with Crippen LogP contribution in [0.3, 0.4) is 0 Å². The van der Waals surface area contributed by atoms with Crippen molar-refractivity contribution in [3.63, 3.8) is 0 Å². The van der Waals surface area contributed by atoms with Crippen molar-refractivity contribution in [2.75, 3.05) is 32.8 Å². The van der Waals surface area contributed by atoms with Gasteiger partial charge in [-0.05, 0) is 56.1 Å². The fourth-order valence-electron chi connectivity index (χ4n) is 2.86. The van der Waals surface area contributed by atoms with Crippen LogP contribution in [0.25, 0.3) is 0 Å². The fraction of sp³-hybridized carbons (Fsp3) is 0.550. The zero-order valence-electron chi connectivity index (χ0n) is 15.3. The molecule has 25 heavy (non-hydrogen) atoms. The van der Waals surface area contributed by atoms with Crippen molar-refractivity contribution in [3.05, 3.63) is 42.0 Å². The van der Waals surface area contributed by atoms with Crippen LogP contribution in [0, 0.1) is 0 Å². The molecule has 2 rings (SSSR count). The largest absolute Gasteiger partial charge is 0.490 e. The highest BCUT2D eigenvalue weighted by molar-refractivity contribution is 5.73. The van der Waals surface area contributed by atoms with Crippen molar-refractivity contribution < 1.29 is 9.53 Å². The predicted molar refractivity (Wildman–Crippen MR) is 102 cm³/mol. The van der Waals surface area contributed by atoms with Gasteiger partial charge in [0.2, 0.25) is 0 Å². The second kappa shape index (κ2) is 11.5. The molecule has 0 spiro atoms. The number of amides is 2. The van der Waals surface area contributed by atoms with E-state index in [0.717, 1.165) is 18.7 Å². The van der Waals surface area contributed by atoms with Crippen molar-refractivity contribution in [1.82, 2.24) is 15.5 Å². The van der Waals surface area contributed by atoms with E-state index >= 15 is 0 Å². The Morgan fingerprint density at radius 1 is 1.20 bits per heavy atom. The molecule has 1 aliphatic rings. The quantitative estimate of drug-likeness (QED) is 0.675. The third-order valence-electron chi connectivity index (χ3n) is 4.18. The molecule has 138 valence electrons. The maximum absolute atomic E-state index is 11.4. The van der Waals surface area contributed by atoms with E-state index in [1.807, 2.05) is 25.1 Å². The van der Waals surface area contributed by atoms with Crippen LogP contribution in [-0.2, 0) is 6.54 Å². The van der Waals surface area contributed by atoms with Gasteiger partial charge < -0.3 is 15.4 Å². The Kier molecular flexibility index (Phi) is 8.91. The normalized spacial score (nSPS) is 15.2. The van der Waals surface area contributed by atoms with E-state index in [-0.39, 0.29) is 6.03 Å². The maximum Gasteiger partial charge on any atom is 0.315 e. The van der Waals surface area contributed by atoms with Gasteiger partial charge in [0, 0.05) is 19.6 Å². The number of carbonyl (C=O) groups is 1. The Balaban J connectivity index is 1.65. The Labute approximate surface area is 151 Å². The summed E-state index contributed by atoms with van der Waals surface area (Å²) in [5.74, 6) is 0.896. The lowest BCUT2D eigenvalue weighted by molar-refractivity contribution is 0.220. The van der Waals surface area contributed by atoms with Crippen LogP contribution in [0.2, 0.25) is 0 Å². The van der Waals surface area contributed by atoms with Crippen LogP contribution in [0.15, 0.2) is 36.4 Å². The monoisotopic (exact) mass is 345 g/mol. The minimum absolute atomic E-state index is 0.127. The number of likely N-dealkylation sites (tertiary alicyclic amines) is 1. The van der Waals surface area contributed by atoms with Crippen LogP contribution in [-0.4, -0.2) is 43.7 Å². The lowest BCUT2D eigenvalue weighted by Gasteiger charge is -2.26. The van der Waals surface area contributed by atoms with Gasteiger partial charge in [-0.1, -0.05) is 31.6 Å². The molecule has 0 radical (unpaired) electrons. The molecule has 5 heteroatoms. The minimum atomic E-state index is -0.127. The Morgan fingerprint density at radius 3 is 2.84 bits per heavy atom. The van der Waals surface area contributed by atoms with Crippen LogP contribution in [0.1, 0.15) is 38.2 Å². The summed E-state index contributed by atoms with van der Waals surface area (Å²) >= 11 is 0. The molecule has 0 aromatic heterocycles. The fourth-order valence-corrected chi connectivity index (χ4v) is 2.86. The number of hydrogen-bond acceptors (Lipinski definition) is 3. The van der Waals surface area contributed by atoms with Crippen molar-refractivity contribution in [1.29, 1.82) is 0 Å². The first-order valence-corrected chi connectivity index (χ1v) is 9.38. The topological polar surface area (TPSA) is 53.6 Å². The summed E-state index contributed by atoms with van der Waals surface area (Å²) in [5, 5.41) is 5.54. The predicted octanol–water partition coefficient (Wildman–Crippen LogP) is 3.32. The first-order valence-electron chi connectivity index (χ1n) is 9.38. The van der Waals surface area contributed by atoms with E-state index in [1.165, 1.54) is 37.9 Å². The molecule has 1 fully saturated rings. The minimum Gasteiger partial charge on any atom is -0.490 e. The zero-order valence-corrected chi connectivity index (χ0v) is 15.3. The van der Waals surface area contributed by atoms with Crippen LogP contribution in [0.5, 0.6) is 5.75 Å². The average Bonchev–Trinajstić information content (AvgIpc) is 2.64. The zero-order chi connectivity index (χ0) is 17.7. The highest BCUT2D eigenvalue weighted by atomic mass is 16.5. The summed E-state index contributed by atoms with van der Waals surface area (Å²) in [4.78, 5) is 13.9. The lowest BCUT2D eigenvalue weighted by atomic mass is 10.1. The number of nitrogens with one attached hydrogen (secondary N) is 2. The smallest absolute Gasteiger partial charge is 0.315 e. The van der Waals surface area contributed by atoms with Gasteiger partial charge in [0.25, 0.3) is 0 Å². The van der Waals surface area contributed by atoms with Crippen LogP contribution >= 0.6 is 0 Å². The number of piperidine rings is 1. The highest BCUT2D eigenvalue weighted by Crippen LogP contribution is 2.17. The molecule has 1 heterocycles. The summed E-state index contributed by atoms with van der Waals surface area (Å²) in [6, 6.07) is 8.20. The summed E-state index contributed by atoms with van der Waals surface area (Å²) in [7, 11) is 0. The van der Waals surface area contributed by atoms with Gasteiger partial charge in [-0.3, -0.25) is 4.90 Å². The number of rotatable bonds is 9. The molecule has 1 aromatic carbocycles. The molecule has 1 aliphatic heterocycles. The molecule has 0 saturated carbocycles. The number of ether oxygens (including phenoxy) is 1. The number of nitrogens with zero attached hydrogens (tertiary/aromatic N) is 1. The Hall–Kier alpha value is -2.01.